The van der Waals surface area contributed by atoms with Crippen molar-refractivity contribution in [1.82, 2.24) is 5.32 Å². The minimum Gasteiger partial charge on any atom is -0.349 e. The van der Waals surface area contributed by atoms with Crippen LogP contribution in [0.25, 0.3) is 0 Å². The summed E-state index contributed by atoms with van der Waals surface area (Å²) in [7, 11) is 0. The Hall–Kier alpha value is -1.26. The van der Waals surface area contributed by atoms with Gasteiger partial charge in [0.25, 0.3) is 5.91 Å². The van der Waals surface area contributed by atoms with Gasteiger partial charge >= 0.3 is 0 Å². The Kier molecular flexibility index (Phi) is 3.38. The summed E-state index contributed by atoms with van der Waals surface area (Å²) in [6.07, 6.45) is 2.54. The van der Waals surface area contributed by atoms with Crippen molar-refractivity contribution in [2.45, 2.75) is 29.6 Å². The predicted octanol–water partition coefficient (Wildman–Crippen LogP) is 2.71. The molecule has 0 radical (unpaired) electrons. The number of anilines is 1. The second kappa shape index (κ2) is 4.93. The van der Waals surface area contributed by atoms with Gasteiger partial charge in [-0.3, -0.25) is 9.59 Å². The van der Waals surface area contributed by atoms with Crippen LogP contribution in [0.5, 0.6) is 0 Å². The lowest BCUT2D eigenvalue weighted by molar-refractivity contribution is -0.117. The zero-order valence-electron chi connectivity index (χ0n) is 10.7. The van der Waals surface area contributed by atoms with Gasteiger partial charge < -0.3 is 10.6 Å². The number of hydrogen-bond acceptors (Lipinski definition) is 2. The molecule has 2 saturated carbocycles. The van der Waals surface area contributed by atoms with E-state index in [4.69, 9.17) is 23.2 Å². The van der Waals surface area contributed by atoms with Gasteiger partial charge in [0.05, 0.1) is 5.92 Å². The molecule has 106 valence electrons. The smallest absolute Gasteiger partial charge is 0.251 e. The van der Waals surface area contributed by atoms with Crippen molar-refractivity contribution in [2.24, 2.45) is 5.92 Å². The zero-order valence-corrected chi connectivity index (χ0v) is 12.2. The standard InChI is InChI=1S/C14H14Cl2N2O2/c15-14(16)7-11(14)13(20)18-10-3-1-2-8(6-10)12(19)17-9-4-5-9/h1-3,6,9,11H,4-5,7H2,(H,17,19)(H,18,20). The van der Waals surface area contributed by atoms with Gasteiger partial charge in [-0.2, -0.15) is 0 Å². The van der Waals surface area contributed by atoms with E-state index >= 15 is 0 Å². The molecule has 1 atom stereocenters. The van der Waals surface area contributed by atoms with E-state index in [1.54, 1.807) is 24.3 Å². The summed E-state index contributed by atoms with van der Waals surface area (Å²) in [5.41, 5.74) is 1.11. The summed E-state index contributed by atoms with van der Waals surface area (Å²) in [5, 5.41) is 5.64. The number of alkyl halides is 2. The lowest BCUT2D eigenvalue weighted by Gasteiger charge is -2.08. The first kappa shape index (κ1) is 13.7. The molecule has 2 N–H and O–H groups in total. The average Bonchev–Trinajstić information content (AvgIpc) is 3.28. The van der Waals surface area contributed by atoms with Gasteiger partial charge in [-0.15, -0.1) is 23.2 Å². The molecule has 0 aromatic heterocycles. The SMILES string of the molecule is O=C(NC1CC1)c1cccc(NC(=O)C2CC2(Cl)Cl)c1. The number of amides is 2. The monoisotopic (exact) mass is 312 g/mol. The highest BCUT2D eigenvalue weighted by atomic mass is 35.5. The fourth-order valence-electron chi connectivity index (χ4n) is 1.96. The Labute approximate surface area is 126 Å². The summed E-state index contributed by atoms with van der Waals surface area (Å²) >= 11 is 11.7. The summed E-state index contributed by atoms with van der Waals surface area (Å²) in [6, 6.07) is 7.15. The number of halogens is 2. The van der Waals surface area contributed by atoms with Crippen LogP contribution in [0.1, 0.15) is 29.6 Å². The van der Waals surface area contributed by atoms with Gasteiger partial charge in [0.15, 0.2) is 0 Å². The van der Waals surface area contributed by atoms with Crippen LogP contribution >= 0.6 is 23.2 Å². The summed E-state index contributed by atoms with van der Waals surface area (Å²) in [6.45, 7) is 0. The van der Waals surface area contributed by atoms with Crippen molar-refractivity contribution in [3.63, 3.8) is 0 Å². The highest BCUT2D eigenvalue weighted by Gasteiger charge is 2.56. The van der Waals surface area contributed by atoms with E-state index in [0.717, 1.165) is 12.8 Å². The lowest BCUT2D eigenvalue weighted by Crippen LogP contribution is -2.25. The number of benzene rings is 1. The normalized spacial score (nSPS) is 23.0. The fourth-order valence-corrected chi connectivity index (χ4v) is 2.47. The van der Waals surface area contributed by atoms with Crippen molar-refractivity contribution in [2.75, 3.05) is 5.32 Å². The van der Waals surface area contributed by atoms with Crippen molar-refractivity contribution >= 4 is 40.7 Å². The topological polar surface area (TPSA) is 58.2 Å². The van der Waals surface area contributed by atoms with Crippen LogP contribution in [0.15, 0.2) is 24.3 Å². The van der Waals surface area contributed by atoms with Crippen LogP contribution in [0.2, 0.25) is 0 Å². The lowest BCUT2D eigenvalue weighted by atomic mass is 10.2. The Bertz CT molecular complexity index is 570. The van der Waals surface area contributed by atoms with E-state index in [-0.39, 0.29) is 17.7 Å². The number of rotatable bonds is 4. The largest absolute Gasteiger partial charge is 0.349 e. The van der Waals surface area contributed by atoms with Gasteiger partial charge in [-0.1, -0.05) is 6.07 Å². The van der Waals surface area contributed by atoms with Crippen LogP contribution in [0, 0.1) is 5.92 Å². The van der Waals surface area contributed by atoms with Crippen LogP contribution in [-0.4, -0.2) is 22.2 Å². The van der Waals surface area contributed by atoms with E-state index in [1.807, 2.05) is 0 Å². The summed E-state index contributed by atoms with van der Waals surface area (Å²) in [5.74, 6) is -0.705. The van der Waals surface area contributed by atoms with Crippen molar-refractivity contribution in [1.29, 1.82) is 0 Å². The van der Waals surface area contributed by atoms with E-state index in [1.165, 1.54) is 0 Å². The molecule has 4 nitrogen and oxygen atoms in total. The minimum atomic E-state index is -0.939. The predicted molar refractivity (Wildman–Crippen MR) is 78.1 cm³/mol. The molecule has 1 aromatic carbocycles. The third-order valence-electron chi connectivity index (χ3n) is 3.45. The fraction of sp³-hybridized carbons (Fsp3) is 0.429. The maximum absolute atomic E-state index is 11.9. The second-order valence-electron chi connectivity index (χ2n) is 5.34. The highest BCUT2D eigenvalue weighted by Crippen LogP contribution is 2.53. The molecule has 0 aliphatic heterocycles. The molecule has 2 fully saturated rings. The number of carbonyl (C=O) groups excluding carboxylic acids is 2. The van der Waals surface area contributed by atoms with Gasteiger partial charge in [0.2, 0.25) is 5.91 Å². The van der Waals surface area contributed by atoms with Crippen LogP contribution in [-0.2, 0) is 4.79 Å². The van der Waals surface area contributed by atoms with Crippen molar-refractivity contribution < 1.29 is 9.59 Å². The van der Waals surface area contributed by atoms with E-state index in [9.17, 15) is 9.59 Å². The Balaban J connectivity index is 1.64. The Morgan fingerprint density at radius 2 is 1.95 bits per heavy atom. The molecule has 0 saturated heterocycles. The van der Waals surface area contributed by atoms with E-state index in [0.29, 0.717) is 23.7 Å². The molecule has 3 rings (SSSR count). The molecule has 2 aliphatic carbocycles. The molecule has 0 heterocycles. The number of hydrogen-bond donors (Lipinski definition) is 2. The molecule has 2 amide bonds. The van der Waals surface area contributed by atoms with Crippen LogP contribution in [0.4, 0.5) is 5.69 Å². The van der Waals surface area contributed by atoms with E-state index < -0.39 is 4.33 Å². The summed E-state index contributed by atoms with van der Waals surface area (Å²) < 4.78 is -0.939. The molecule has 1 unspecified atom stereocenters. The first-order valence-electron chi connectivity index (χ1n) is 6.55. The molecule has 1 aromatic rings. The molecule has 0 spiro atoms. The Morgan fingerprint density at radius 3 is 2.55 bits per heavy atom. The third-order valence-corrected chi connectivity index (χ3v) is 4.28. The molecule has 2 aliphatic rings. The van der Waals surface area contributed by atoms with Crippen LogP contribution in [0.3, 0.4) is 0 Å². The van der Waals surface area contributed by atoms with Crippen molar-refractivity contribution in [3.05, 3.63) is 29.8 Å². The Morgan fingerprint density at radius 1 is 1.25 bits per heavy atom. The molecule has 0 bridgehead atoms. The van der Waals surface area contributed by atoms with Gasteiger partial charge in [0, 0.05) is 17.3 Å². The number of nitrogens with one attached hydrogen (secondary N) is 2. The first-order valence-corrected chi connectivity index (χ1v) is 7.31. The van der Waals surface area contributed by atoms with Gasteiger partial charge in [0.1, 0.15) is 4.33 Å². The van der Waals surface area contributed by atoms with Gasteiger partial charge in [-0.25, -0.2) is 0 Å². The van der Waals surface area contributed by atoms with Crippen molar-refractivity contribution in [3.8, 4) is 0 Å². The van der Waals surface area contributed by atoms with Gasteiger partial charge in [-0.05, 0) is 37.5 Å². The average molecular weight is 313 g/mol. The maximum Gasteiger partial charge on any atom is 0.251 e. The van der Waals surface area contributed by atoms with Crippen LogP contribution < -0.4 is 10.6 Å². The summed E-state index contributed by atoms with van der Waals surface area (Å²) in [4.78, 5) is 23.8. The van der Waals surface area contributed by atoms with E-state index in [2.05, 4.69) is 10.6 Å². The molecular weight excluding hydrogens is 299 g/mol. The minimum absolute atomic E-state index is 0.112. The molecule has 20 heavy (non-hydrogen) atoms. The molecule has 6 heteroatoms. The third kappa shape index (κ3) is 3.07. The quantitative estimate of drug-likeness (QED) is 0.840. The molecular formula is C14H14Cl2N2O2. The first-order chi connectivity index (χ1) is 9.45. The zero-order chi connectivity index (χ0) is 14.3. The number of carbonyl (C=O) groups is 2. The maximum atomic E-state index is 11.9. The highest BCUT2D eigenvalue weighted by molar-refractivity contribution is 6.52. The second-order valence-corrected chi connectivity index (χ2v) is 6.88.